The van der Waals surface area contributed by atoms with Gasteiger partial charge >= 0.3 is 0 Å². The average molecular weight is 313 g/mol. The Morgan fingerprint density at radius 3 is 2.87 bits per heavy atom. The highest BCUT2D eigenvalue weighted by Crippen LogP contribution is 2.40. The van der Waals surface area contributed by atoms with Crippen molar-refractivity contribution in [1.29, 1.82) is 0 Å². The fourth-order valence-corrected chi connectivity index (χ4v) is 4.23. The average Bonchev–Trinajstić information content (AvgIpc) is 3.10. The molecule has 1 saturated carbocycles. The van der Waals surface area contributed by atoms with E-state index in [9.17, 15) is 4.79 Å². The monoisotopic (exact) mass is 313 g/mol. The largest absolute Gasteiger partial charge is 0.461 e. The number of nitrogens with one attached hydrogen (secondary N) is 1. The predicted octanol–water partition coefficient (Wildman–Crippen LogP) is 3.96. The van der Waals surface area contributed by atoms with Crippen molar-refractivity contribution in [2.24, 2.45) is 0 Å². The van der Waals surface area contributed by atoms with Gasteiger partial charge in [0.15, 0.2) is 0 Å². The molecular formula is C19H23NO3. The lowest BCUT2D eigenvalue weighted by atomic mass is 9.89. The molecule has 4 nitrogen and oxygen atoms in total. The lowest BCUT2D eigenvalue weighted by Gasteiger charge is -2.38. The second kappa shape index (κ2) is 5.68. The van der Waals surface area contributed by atoms with Crippen molar-refractivity contribution < 1.29 is 13.9 Å². The summed E-state index contributed by atoms with van der Waals surface area (Å²) < 4.78 is 11.8. The van der Waals surface area contributed by atoms with Gasteiger partial charge in [0.05, 0.1) is 11.2 Å². The minimum atomic E-state index is -0.0208. The first-order chi connectivity index (χ1) is 11.2. The molecule has 1 N–H and O–H groups in total. The normalized spacial score (nSPS) is 23.4. The van der Waals surface area contributed by atoms with E-state index in [1.54, 1.807) is 0 Å². The van der Waals surface area contributed by atoms with Gasteiger partial charge in [-0.15, -0.1) is 0 Å². The summed E-state index contributed by atoms with van der Waals surface area (Å²) in [6, 6.07) is 7.91. The van der Waals surface area contributed by atoms with E-state index in [1.165, 1.54) is 12.8 Å². The number of ether oxygens (including phenoxy) is 1. The summed E-state index contributed by atoms with van der Waals surface area (Å²) in [6.07, 6.45) is 6.58. The number of hydrogen-bond acceptors (Lipinski definition) is 3. The van der Waals surface area contributed by atoms with Gasteiger partial charge in [-0.2, -0.15) is 0 Å². The summed E-state index contributed by atoms with van der Waals surface area (Å²) in [5.74, 6) is 0.666. The third-order valence-electron chi connectivity index (χ3n) is 5.34. The molecule has 1 atom stereocenters. The molecule has 0 radical (unpaired) electrons. The van der Waals surface area contributed by atoms with Crippen LogP contribution >= 0.6 is 0 Å². The molecular weight excluding hydrogens is 290 g/mol. The Hall–Kier alpha value is -1.81. The molecule has 4 heteroatoms. The minimum Gasteiger partial charge on any atom is -0.461 e. The van der Waals surface area contributed by atoms with E-state index in [4.69, 9.17) is 9.15 Å². The molecule has 1 aromatic carbocycles. The van der Waals surface area contributed by atoms with Crippen molar-refractivity contribution in [3.63, 3.8) is 0 Å². The summed E-state index contributed by atoms with van der Waals surface area (Å²) in [5, 5.41) is 4.12. The fourth-order valence-electron chi connectivity index (χ4n) is 4.23. The van der Waals surface area contributed by atoms with Crippen molar-refractivity contribution in [1.82, 2.24) is 5.32 Å². The van der Waals surface area contributed by atoms with Crippen LogP contribution in [-0.2, 0) is 4.74 Å². The molecule has 1 unspecified atom stereocenters. The number of fused-ring (bicyclic) bond motifs is 1. The van der Waals surface area contributed by atoms with Gasteiger partial charge in [0.1, 0.15) is 11.3 Å². The van der Waals surface area contributed by atoms with Crippen LogP contribution in [0.5, 0.6) is 0 Å². The standard InChI is InChI=1S/C19H23NO3/c1-13-17(15-6-2-3-7-16(15)23-13)18(21)20-14-8-11-22-19(12-14)9-4-5-10-19/h2-3,6-7,14H,4-5,8-12H2,1H3,(H,20,21). The van der Waals surface area contributed by atoms with Gasteiger partial charge in [-0.25, -0.2) is 0 Å². The number of hydrogen-bond donors (Lipinski definition) is 1. The Kier molecular flexibility index (Phi) is 3.64. The van der Waals surface area contributed by atoms with Gasteiger partial charge in [0.25, 0.3) is 5.91 Å². The molecule has 0 bridgehead atoms. The van der Waals surface area contributed by atoms with E-state index in [-0.39, 0.29) is 17.6 Å². The number of amides is 1. The summed E-state index contributed by atoms with van der Waals surface area (Å²) in [6.45, 7) is 2.60. The Labute approximate surface area is 136 Å². The third kappa shape index (κ3) is 2.65. The van der Waals surface area contributed by atoms with Gasteiger partial charge in [-0.05, 0) is 38.7 Å². The number of furan rings is 1. The van der Waals surface area contributed by atoms with Crippen molar-refractivity contribution >= 4 is 16.9 Å². The van der Waals surface area contributed by atoms with Gasteiger partial charge in [-0.3, -0.25) is 4.79 Å². The molecule has 2 fully saturated rings. The number of para-hydroxylation sites is 1. The number of aryl methyl sites for hydroxylation is 1. The molecule has 23 heavy (non-hydrogen) atoms. The maximum atomic E-state index is 12.8. The predicted molar refractivity (Wildman–Crippen MR) is 88.6 cm³/mol. The smallest absolute Gasteiger partial charge is 0.255 e. The van der Waals surface area contributed by atoms with Crippen molar-refractivity contribution in [2.45, 2.75) is 57.1 Å². The van der Waals surface area contributed by atoms with Crippen LogP contribution in [0.2, 0.25) is 0 Å². The molecule has 2 aromatic rings. The second-order valence-electron chi connectivity index (χ2n) is 6.93. The molecule has 1 aliphatic heterocycles. The fraction of sp³-hybridized carbons (Fsp3) is 0.526. The van der Waals surface area contributed by atoms with E-state index in [1.807, 2.05) is 31.2 Å². The van der Waals surface area contributed by atoms with E-state index >= 15 is 0 Å². The van der Waals surface area contributed by atoms with Crippen LogP contribution < -0.4 is 5.32 Å². The maximum absolute atomic E-state index is 12.8. The molecule has 1 saturated heterocycles. The number of carbonyl (C=O) groups excluding carboxylic acids is 1. The number of carbonyl (C=O) groups is 1. The lowest BCUT2D eigenvalue weighted by molar-refractivity contribution is -0.0823. The lowest BCUT2D eigenvalue weighted by Crippen LogP contribution is -2.47. The third-order valence-corrected chi connectivity index (χ3v) is 5.34. The Morgan fingerprint density at radius 2 is 2.04 bits per heavy atom. The summed E-state index contributed by atoms with van der Waals surface area (Å²) in [4.78, 5) is 12.8. The zero-order valence-electron chi connectivity index (χ0n) is 13.6. The zero-order valence-corrected chi connectivity index (χ0v) is 13.6. The highest BCUT2D eigenvalue weighted by atomic mass is 16.5. The van der Waals surface area contributed by atoms with Gasteiger partial charge in [-0.1, -0.05) is 31.0 Å². The first-order valence-corrected chi connectivity index (χ1v) is 8.60. The van der Waals surface area contributed by atoms with Gasteiger partial charge < -0.3 is 14.5 Å². The zero-order chi connectivity index (χ0) is 15.9. The second-order valence-corrected chi connectivity index (χ2v) is 6.93. The van der Waals surface area contributed by atoms with Crippen molar-refractivity contribution in [3.8, 4) is 0 Å². The highest BCUT2D eigenvalue weighted by Gasteiger charge is 2.40. The number of rotatable bonds is 2. The first-order valence-electron chi connectivity index (χ1n) is 8.60. The molecule has 2 aliphatic rings. The molecule has 4 rings (SSSR count). The Morgan fingerprint density at radius 1 is 1.26 bits per heavy atom. The topological polar surface area (TPSA) is 51.5 Å². The number of benzene rings is 1. The van der Waals surface area contributed by atoms with Crippen LogP contribution in [0, 0.1) is 6.92 Å². The Balaban J connectivity index is 1.54. The molecule has 2 heterocycles. The van der Waals surface area contributed by atoms with Gasteiger partial charge in [0, 0.05) is 18.0 Å². The molecule has 1 amide bonds. The van der Waals surface area contributed by atoms with Crippen LogP contribution in [0.4, 0.5) is 0 Å². The van der Waals surface area contributed by atoms with Crippen LogP contribution in [0.1, 0.15) is 54.6 Å². The van der Waals surface area contributed by atoms with Gasteiger partial charge in [0.2, 0.25) is 0 Å². The highest BCUT2D eigenvalue weighted by molar-refractivity contribution is 6.07. The van der Waals surface area contributed by atoms with Crippen LogP contribution in [0.25, 0.3) is 11.0 Å². The SMILES string of the molecule is Cc1oc2ccccc2c1C(=O)NC1CCOC2(CCCC2)C1. The maximum Gasteiger partial charge on any atom is 0.255 e. The van der Waals surface area contributed by atoms with E-state index in [2.05, 4.69) is 5.32 Å². The van der Waals surface area contributed by atoms with Crippen LogP contribution in [0.3, 0.4) is 0 Å². The summed E-state index contributed by atoms with van der Waals surface area (Å²) >= 11 is 0. The minimum absolute atomic E-state index is 0.0176. The van der Waals surface area contributed by atoms with Crippen molar-refractivity contribution in [2.75, 3.05) is 6.61 Å². The van der Waals surface area contributed by atoms with E-state index in [0.717, 1.165) is 43.3 Å². The molecule has 122 valence electrons. The molecule has 1 spiro atoms. The summed E-state index contributed by atoms with van der Waals surface area (Å²) in [5.41, 5.74) is 1.46. The quantitative estimate of drug-likeness (QED) is 0.913. The van der Waals surface area contributed by atoms with E-state index in [0.29, 0.717) is 11.3 Å². The van der Waals surface area contributed by atoms with Crippen molar-refractivity contribution in [3.05, 3.63) is 35.6 Å². The van der Waals surface area contributed by atoms with Crippen LogP contribution in [-0.4, -0.2) is 24.2 Å². The summed E-state index contributed by atoms with van der Waals surface area (Å²) in [7, 11) is 0. The molecule has 1 aliphatic carbocycles. The first kappa shape index (κ1) is 14.8. The molecule has 1 aromatic heterocycles. The Bertz CT molecular complexity index is 727. The van der Waals surface area contributed by atoms with Crippen LogP contribution in [0.15, 0.2) is 28.7 Å². The van der Waals surface area contributed by atoms with E-state index < -0.39 is 0 Å².